The summed E-state index contributed by atoms with van der Waals surface area (Å²) in [5.74, 6) is 0. The average molecular weight is 253 g/mol. The van der Waals surface area contributed by atoms with Gasteiger partial charge in [0.05, 0.1) is 0 Å². The fourth-order valence-corrected chi connectivity index (χ4v) is 3.31. The van der Waals surface area contributed by atoms with Crippen molar-refractivity contribution in [3.8, 4) is 0 Å². The number of hydrogen-bond acceptors (Lipinski definition) is 3. The number of nitrogens with zero attached hydrogens (tertiary/aromatic N) is 2. The molecule has 1 unspecified atom stereocenters. The lowest BCUT2D eigenvalue weighted by Gasteiger charge is -2.23. The molecule has 0 amide bonds. The second-order valence-corrected chi connectivity index (χ2v) is 5.94. The van der Waals surface area contributed by atoms with E-state index < -0.39 is 0 Å². The van der Waals surface area contributed by atoms with Crippen molar-refractivity contribution >= 4 is 0 Å². The van der Waals surface area contributed by atoms with Crippen LogP contribution in [0.2, 0.25) is 0 Å². The molecule has 2 aliphatic heterocycles. The predicted molar refractivity (Wildman–Crippen MR) is 78.0 cm³/mol. The van der Waals surface area contributed by atoms with Gasteiger partial charge in [0.2, 0.25) is 0 Å². The van der Waals surface area contributed by atoms with Crippen LogP contribution in [-0.2, 0) is 0 Å². The van der Waals surface area contributed by atoms with Crippen molar-refractivity contribution in [2.75, 3.05) is 45.8 Å². The molecule has 3 nitrogen and oxygen atoms in total. The molecule has 2 saturated heterocycles. The van der Waals surface area contributed by atoms with E-state index >= 15 is 0 Å². The number of hydrogen-bond donors (Lipinski definition) is 1. The number of likely N-dealkylation sites (tertiary alicyclic amines) is 2. The van der Waals surface area contributed by atoms with Gasteiger partial charge in [-0.15, -0.1) is 0 Å². The summed E-state index contributed by atoms with van der Waals surface area (Å²) in [7, 11) is 0. The SMILES string of the molecule is CCCNCCCCN1CCC(N2CCCC2)C1. The van der Waals surface area contributed by atoms with Crippen LogP contribution < -0.4 is 5.32 Å². The van der Waals surface area contributed by atoms with E-state index in [4.69, 9.17) is 0 Å². The molecule has 1 N–H and O–H groups in total. The molecule has 2 heterocycles. The smallest absolute Gasteiger partial charge is 0.0235 e. The first-order valence-electron chi connectivity index (χ1n) is 8.07. The minimum atomic E-state index is 0.880. The van der Waals surface area contributed by atoms with Crippen molar-refractivity contribution in [3.05, 3.63) is 0 Å². The summed E-state index contributed by atoms with van der Waals surface area (Å²) < 4.78 is 0. The molecule has 0 saturated carbocycles. The van der Waals surface area contributed by atoms with Gasteiger partial charge in [0, 0.05) is 12.6 Å². The van der Waals surface area contributed by atoms with Crippen LogP contribution in [0, 0.1) is 0 Å². The molecular weight excluding hydrogens is 222 g/mol. The molecule has 0 aromatic heterocycles. The fraction of sp³-hybridized carbons (Fsp3) is 1.00. The van der Waals surface area contributed by atoms with Crippen LogP contribution >= 0.6 is 0 Å². The van der Waals surface area contributed by atoms with E-state index in [2.05, 4.69) is 22.0 Å². The predicted octanol–water partition coefficient (Wildman–Crippen LogP) is 1.94. The molecule has 3 heteroatoms. The standard InChI is InChI=1S/C15H31N3/c1-2-8-16-9-3-4-10-17-13-7-15(14-17)18-11-5-6-12-18/h15-16H,2-14H2,1H3. The molecule has 0 spiro atoms. The second kappa shape index (κ2) is 8.13. The second-order valence-electron chi connectivity index (χ2n) is 5.94. The third-order valence-corrected chi connectivity index (χ3v) is 4.41. The highest BCUT2D eigenvalue weighted by Gasteiger charge is 2.28. The molecule has 106 valence electrons. The van der Waals surface area contributed by atoms with E-state index in [9.17, 15) is 0 Å². The Morgan fingerprint density at radius 2 is 1.89 bits per heavy atom. The van der Waals surface area contributed by atoms with Gasteiger partial charge >= 0.3 is 0 Å². The number of nitrogens with one attached hydrogen (secondary N) is 1. The maximum absolute atomic E-state index is 3.49. The Labute approximate surface area is 113 Å². The molecule has 0 aliphatic carbocycles. The average Bonchev–Trinajstić information content (AvgIpc) is 3.03. The summed E-state index contributed by atoms with van der Waals surface area (Å²) >= 11 is 0. The lowest BCUT2D eigenvalue weighted by molar-refractivity contribution is 0.231. The van der Waals surface area contributed by atoms with Gasteiger partial charge in [-0.05, 0) is 77.8 Å². The van der Waals surface area contributed by atoms with E-state index in [-0.39, 0.29) is 0 Å². The molecule has 0 radical (unpaired) electrons. The van der Waals surface area contributed by atoms with E-state index in [1.165, 1.54) is 84.3 Å². The van der Waals surface area contributed by atoms with Gasteiger partial charge in [0.15, 0.2) is 0 Å². The van der Waals surface area contributed by atoms with Crippen LogP contribution in [0.1, 0.15) is 45.4 Å². The third-order valence-electron chi connectivity index (χ3n) is 4.41. The van der Waals surface area contributed by atoms with Gasteiger partial charge in [-0.3, -0.25) is 4.90 Å². The Kier molecular flexibility index (Phi) is 6.46. The van der Waals surface area contributed by atoms with E-state index in [0.29, 0.717) is 0 Å². The Bertz CT molecular complexity index is 214. The summed E-state index contributed by atoms with van der Waals surface area (Å²) in [5, 5.41) is 3.49. The minimum Gasteiger partial charge on any atom is -0.317 e. The largest absolute Gasteiger partial charge is 0.317 e. The van der Waals surface area contributed by atoms with Crippen molar-refractivity contribution < 1.29 is 0 Å². The van der Waals surface area contributed by atoms with Crippen LogP contribution in [0.25, 0.3) is 0 Å². The first-order chi connectivity index (χ1) is 8.90. The Balaban J connectivity index is 1.50. The molecule has 18 heavy (non-hydrogen) atoms. The fourth-order valence-electron chi connectivity index (χ4n) is 3.31. The number of rotatable bonds is 8. The molecule has 0 aromatic rings. The zero-order valence-corrected chi connectivity index (χ0v) is 12.2. The van der Waals surface area contributed by atoms with Crippen molar-refractivity contribution in [1.82, 2.24) is 15.1 Å². The highest BCUT2D eigenvalue weighted by atomic mass is 15.3. The first kappa shape index (κ1) is 14.3. The summed E-state index contributed by atoms with van der Waals surface area (Å²) in [4.78, 5) is 5.41. The maximum Gasteiger partial charge on any atom is 0.0235 e. The van der Waals surface area contributed by atoms with E-state index in [0.717, 1.165) is 6.04 Å². The highest BCUT2D eigenvalue weighted by molar-refractivity contribution is 4.85. The molecular formula is C15H31N3. The van der Waals surface area contributed by atoms with Crippen molar-refractivity contribution in [2.24, 2.45) is 0 Å². The summed E-state index contributed by atoms with van der Waals surface area (Å²) in [6.07, 6.45) is 8.23. The maximum atomic E-state index is 3.49. The molecule has 2 aliphatic rings. The lowest BCUT2D eigenvalue weighted by atomic mass is 10.2. The third kappa shape index (κ3) is 4.52. The van der Waals surface area contributed by atoms with Crippen LogP contribution in [0.15, 0.2) is 0 Å². The Morgan fingerprint density at radius 1 is 1.06 bits per heavy atom. The van der Waals surface area contributed by atoms with E-state index in [1.54, 1.807) is 0 Å². The molecule has 0 aromatic carbocycles. The van der Waals surface area contributed by atoms with E-state index in [1.807, 2.05) is 0 Å². The van der Waals surface area contributed by atoms with Gasteiger partial charge in [0.25, 0.3) is 0 Å². The van der Waals surface area contributed by atoms with Crippen LogP contribution in [0.5, 0.6) is 0 Å². The van der Waals surface area contributed by atoms with Crippen LogP contribution in [0.4, 0.5) is 0 Å². The topological polar surface area (TPSA) is 18.5 Å². The van der Waals surface area contributed by atoms with Gasteiger partial charge in [-0.2, -0.15) is 0 Å². The summed E-state index contributed by atoms with van der Waals surface area (Å²) in [6.45, 7) is 11.3. The lowest BCUT2D eigenvalue weighted by Crippen LogP contribution is -2.35. The van der Waals surface area contributed by atoms with Gasteiger partial charge in [-0.25, -0.2) is 0 Å². The highest BCUT2D eigenvalue weighted by Crippen LogP contribution is 2.20. The van der Waals surface area contributed by atoms with Gasteiger partial charge in [0.1, 0.15) is 0 Å². The monoisotopic (exact) mass is 253 g/mol. The molecule has 0 bridgehead atoms. The number of unbranched alkanes of at least 4 members (excludes halogenated alkanes) is 1. The zero-order chi connectivity index (χ0) is 12.6. The molecule has 1 atom stereocenters. The molecule has 2 rings (SSSR count). The zero-order valence-electron chi connectivity index (χ0n) is 12.2. The minimum absolute atomic E-state index is 0.880. The molecule has 2 fully saturated rings. The van der Waals surface area contributed by atoms with Crippen molar-refractivity contribution in [1.29, 1.82) is 0 Å². The summed E-state index contributed by atoms with van der Waals surface area (Å²) in [5.41, 5.74) is 0. The Morgan fingerprint density at radius 3 is 2.67 bits per heavy atom. The van der Waals surface area contributed by atoms with Gasteiger partial charge < -0.3 is 10.2 Å². The van der Waals surface area contributed by atoms with Crippen molar-refractivity contribution in [2.45, 2.75) is 51.5 Å². The first-order valence-corrected chi connectivity index (χ1v) is 8.07. The van der Waals surface area contributed by atoms with Gasteiger partial charge in [-0.1, -0.05) is 6.92 Å². The normalized spacial score (nSPS) is 26.2. The van der Waals surface area contributed by atoms with Crippen molar-refractivity contribution in [3.63, 3.8) is 0 Å². The summed E-state index contributed by atoms with van der Waals surface area (Å²) in [6, 6.07) is 0.880. The Hall–Kier alpha value is -0.120. The quantitative estimate of drug-likeness (QED) is 0.667. The van der Waals surface area contributed by atoms with Crippen LogP contribution in [0.3, 0.4) is 0 Å². The van der Waals surface area contributed by atoms with Crippen LogP contribution in [-0.4, -0.2) is 61.7 Å².